The smallest absolute Gasteiger partial charge is 0.257 e. The third-order valence-electron chi connectivity index (χ3n) is 6.36. The molecule has 1 aliphatic heterocycles. The molecule has 0 spiro atoms. The van der Waals surface area contributed by atoms with Crippen LogP contribution < -0.4 is 0 Å². The molecule has 0 saturated heterocycles. The maximum absolute atomic E-state index is 13.6. The van der Waals surface area contributed by atoms with Gasteiger partial charge in [0, 0.05) is 23.6 Å². The third kappa shape index (κ3) is 3.51. The maximum atomic E-state index is 13.6. The van der Waals surface area contributed by atoms with E-state index in [4.69, 9.17) is 0 Å². The molecule has 5 rings (SSSR count). The molecular weight excluding hydrogens is 394 g/mol. The number of hydrogen-bond acceptors (Lipinski definition) is 2. The van der Waals surface area contributed by atoms with E-state index in [0.29, 0.717) is 24.1 Å². The summed E-state index contributed by atoms with van der Waals surface area (Å²) in [4.78, 5) is 15.2. The Morgan fingerprint density at radius 2 is 1.22 bits per heavy atom. The Bertz CT molecular complexity index is 1210. The van der Waals surface area contributed by atoms with Gasteiger partial charge in [0.15, 0.2) is 5.72 Å². The SMILES string of the molecule is O=C1c2ccccc2[C@@](O)([C@H](Cc2ccccc2)c2ccccc2)N1Cc1ccccc1. The van der Waals surface area contributed by atoms with E-state index in [1.807, 2.05) is 103 Å². The number of benzene rings is 4. The molecule has 0 bridgehead atoms. The van der Waals surface area contributed by atoms with Crippen molar-refractivity contribution in [1.29, 1.82) is 0 Å². The summed E-state index contributed by atoms with van der Waals surface area (Å²) in [5, 5.41) is 12.5. The van der Waals surface area contributed by atoms with Crippen molar-refractivity contribution < 1.29 is 9.90 Å². The van der Waals surface area contributed by atoms with Crippen LogP contribution in [0.25, 0.3) is 0 Å². The van der Waals surface area contributed by atoms with Crippen LogP contribution in [0.1, 0.15) is 38.5 Å². The Kier molecular flexibility index (Phi) is 5.34. The van der Waals surface area contributed by atoms with Gasteiger partial charge in [-0.15, -0.1) is 0 Å². The van der Waals surface area contributed by atoms with Gasteiger partial charge in [-0.3, -0.25) is 4.79 Å². The molecule has 158 valence electrons. The molecule has 4 aromatic rings. The van der Waals surface area contributed by atoms with Crippen molar-refractivity contribution in [1.82, 2.24) is 4.90 Å². The van der Waals surface area contributed by atoms with Crippen LogP contribution in [0.15, 0.2) is 115 Å². The van der Waals surface area contributed by atoms with Gasteiger partial charge >= 0.3 is 0 Å². The Balaban J connectivity index is 1.67. The highest BCUT2D eigenvalue weighted by Crippen LogP contribution is 2.48. The molecule has 1 aliphatic rings. The molecule has 32 heavy (non-hydrogen) atoms. The van der Waals surface area contributed by atoms with Crippen molar-refractivity contribution in [2.75, 3.05) is 0 Å². The fourth-order valence-electron chi connectivity index (χ4n) is 4.80. The minimum atomic E-state index is -1.47. The molecule has 3 heteroatoms. The van der Waals surface area contributed by atoms with Gasteiger partial charge in [-0.1, -0.05) is 109 Å². The zero-order chi connectivity index (χ0) is 22.0. The average Bonchev–Trinajstić information content (AvgIpc) is 3.07. The van der Waals surface area contributed by atoms with E-state index < -0.39 is 5.72 Å². The summed E-state index contributed by atoms with van der Waals surface area (Å²) in [6.45, 7) is 0.336. The van der Waals surface area contributed by atoms with Gasteiger partial charge in [-0.25, -0.2) is 0 Å². The Morgan fingerprint density at radius 3 is 1.88 bits per heavy atom. The normalized spacial score (nSPS) is 18.4. The zero-order valence-electron chi connectivity index (χ0n) is 17.8. The number of carbonyl (C=O) groups excluding carboxylic acids is 1. The molecule has 0 aliphatic carbocycles. The topological polar surface area (TPSA) is 40.5 Å². The van der Waals surface area contributed by atoms with Crippen LogP contribution in [-0.2, 0) is 18.7 Å². The first kappa shape index (κ1) is 20.2. The zero-order valence-corrected chi connectivity index (χ0v) is 17.8. The molecule has 4 aromatic carbocycles. The number of carbonyl (C=O) groups is 1. The van der Waals surface area contributed by atoms with E-state index in [1.165, 1.54) is 0 Å². The van der Waals surface area contributed by atoms with Crippen molar-refractivity contribution in [3.8, 4) is 0 Å². The van der Waals surface area contributed by atoms with Gasteiger partial charge in [0.05, 0.1) is 0 Å². The summed E-state index contributed by atoms with van der Waals surface area (Å²) >= 11 is 0. The molecule has 0 radical (unpaired) electrons. The van der Waals surface area contributed by atoms with Crippen LogP contribution in [0.2, 0.25) is 0 Å². The molecular formula is C29H25NO2. The summed E-state index contributed by atoms with van der Waals surface area (Å²) < 4.78 is 0. The summed E-state index contributed by atoms with van der Waals surface area (Å²) in [5.41, 5.74) is 2.87. The van der Waals surface area contributed by atoms with Crippen molar-refractivity contribution in [3.63, 3.8) is 0 Å². The van der Waals surface area contributed by atoms with Gasteiger partial charge in [0.1, 0.15) is 0 Å². The Morgan fingerprint density at radius 1 is 0.688 bits per heavy atom. The van der Waals surface area contributed by atoms with Gasteiger partial charge in [0.2, 0.25) is 0 Å². The van der Waals surface area contributed by atoms with Gasteiger partial charge < -0.3 is 10.0 Å². The highest BCUT2D eigenvalue weighted by molar-refractivity contribution is 5.99. The molecule has 3 nitrogen and oxygen atoms in total. The lowest BCUT2D eigenvalue weighted by Crippen LogP contribution is -2.48. The van der Waals surface area contributed by atoms with Crippen molar-refractivity contribution in [3.05, 3.63) is 143 Å². The van der Waals surface area contributed by atoms with E-state index in [2.05, 4.69) is 12.1 Å². The van der Waals surface area contributed by atoms with Gasteiger partial charge in [-0.05, 0) is 29.2 Å². The van der Waals surface area contributed by atoms with Crippen molar-refractivity contribution in [2.24, 2.45) is 0 Å². The molecule has 1 heterocycles. The largest absolute Gasteiger partial charge is 0.366 e. The quantitative estimate of drug-likeness (QED) is 0.447. The molecule has 1 amide bonds. The minimum absolute atomic E-state index is 0.138. The summed E-state index contributed by atoms with van der Waals surface area (Å²) in [5.74, 6) is -0.469. The number of amides is 1. The molecule has 0 aromatic heterocycles. The number of rotatable bonds is 6. The number of fused-ring (bicyclic) bond motifs is 1. The predicted molar refractivity (Wildman–Crippen MR) is 126 cm³/mol. The van der Waals surface area contributed by atoms with Crippen molar-refractivity contribution in [2.45, 2.75) is 24.6 Å². The van der Waals surface area contributed by atoms with Crippen LogP contribution in [0.3, 0.4) is 0 Å². The first-order chi connectivity index (χ1) is 15.7. The van der Waals surface area contributed by atoms with Gasteiger partial charge in [-0.2, -0.15) is 0 Å². The number of aliphatic hydroxyl groups is 1. The second kappa shape index (κ2) is 8.45. The van der Waals surface area contributed by atoms with E-state index >= 15 is 0 Å². The van der Waals surface area contributed by atoms with Crippen molar-refractivity contribution >= 4 is 5.91 Å². The molecule has 0 fully saturated rings. The first-order valence-corrected chi connectivity index (χ1v) is 10.9. The molecule has 2 atom stereocenters. The fourth-order valence-corrected chi connectivity index (χ4v) is 4.80. The Labute approximate surface area is 188 Å². The van der Waals surface area contributed by atoms with E-state index in [9.17, 15) is 9.90 Å². The lowest BCUT2D eigenvalue weighted by molar-refractivity contribution is -0.109. The monoisotopic (exact) mass is 419 g/mol. The minimum Gasteiger partial charge on any atom is -0.366 e. The summed E-state index contributed by atoms with van der Waals surface area (Å²) in [6.07, 6.45) is 0.605. The Hall–Kier alpha value is -3.69. The molecule has 1 N–H and O–H groups in total. The van der Waals surface area contributed by atoms with Crippen LogP contribution in [0, 0.1) is 0 Å². The third-order valence-corrected chi connectivity index (χ3v) is 6.36. The van der Waals surface area contributed by atoms with Crippen LogP contribution >= 0.6 is 0 Å². The summed E-state index contributed by atoms with van der Waals surface area (Å²) in [6, 6.07) is 37.5. The summed E-state index contributed by atoms with van der Waals surface area (Å²) in [7, 11) is 0. The first-order valence-electron chi connectivity index (χ1n) is 10.9. The second-order valence-electron chi connectivity index (χ2n) is 8.30. The second-order valence-corrected chi connectivity index (χ2v) is 8.30. The number of hydrogen-bond donors (Lipinski definition) is 1. The van der Waals surface area contributed by atoms with Crippen LogP contribution in [0.5, 0.6) is 0 Å². The maximum Gasteiger partial charge on any atom is 0.257 e. The van der Waals surface area contributed by atoms with Gasteiger partial charge in [0.25, 0.3) is 5.91 Å². The standard InChI is InChI=1S/C29H25NO2/c31-28-25-18-10-11-19-26(25)29(32,30(28)21-23-14-6-2-7-15-23)27(24-16-8-3-9-17-24)20-22-12-4-1-5-13-22/h1-19,27,32H,20-21H2/t27-,29-/m1/s1. The molecule has 0 unspecified atom stereocenters. The van der Waals surface area contributed by atoms with Crippen LogP contribution in [-0.4, -0.2) is 15.9 Å². The fraction of sp³-hybridized carbons (Fsp3) is 0.138. The number of nitrogens with zero attached hydrogens (tertiary/aromatic N) is 1. The lowest BCUT2D eigenvalue weighted by Gasteiger charge is -2.41. The van der Waals surface area contributed by atoms with E-state index in [-0.39, 0.29) is 11.8 Å². The average molecular weight is 420 g/mol. The lowest BCUT2D eigenvalue weighted by atomic mass is 9.79. The molecule has 0 saturated carbocycles. The highest BCUT2D eigenvalue weighted by Gasteiger charge is 2.53. The van der Waals surface area contributed by atoms with E-state index in [1.54, 1.807) is 4.90 Å². The van der Waals surface area contributed by atoms with E-state index in [0.717, 1.165) is 16.7 Å². The predicted octanol–water partition coefficient (Wildman–Crippen LogP) is 5.51. The van der Waals surface area contributed by atoms with Crippen LogP contribution in [0.4, 0.5) is 0 Å². The highest BCUT2D eigenvalue weighted by atomic mass is 16.3.